The molecule has 0 aliphatic heterocycles. The number of para-hydroxylation sites is 3. The molecule has 46 heavy (non-hydrogen) atoms. The summed E-state index contributed by atoms with van der Waals surface area (Å²) in [6.45, 7) is 0. The number of benzene rings is 7. The molecule has 0 radical (unpaired) electrons. The van der Waals surface area contributed by atoms with Gasteiger partial charge in [-0.05, 0) is 82.4 Å². The van der Waals surface area contributed by atoms with Crippen molar-refractivity contribution in [2.75, 3.05) is 4.90 Å². The van der Waals surface area contributed by atoms with Crippen molar-refractivity contribution in [3.05, 3.63) is 194 Å². The largest absolute Gasteiger partial charge is 0.316 e. The number of nitrogens with zero attached hydrogens (tertiary/aromatic N) is 2. The van der Waals surface area contributed by atoms with Crippen LogP contribution in [0.25, 0.3) is 50.0 Å². The molecule has 0 bridgehead atoms. The Morgan fingerprint density at radius 3 is 1.28 bits per heavy atom. The van der Waals surface area contributed by atoms with Gasteiger partial charge in [-0.3, -0.25) is 0 Å². The van der Waals surface area contributed by atoms with Crippen LogP contribution >= 0.6 is 0 Å². The summed E-state index contributed by atoms with van der Waals surface area (Å²) in [5.74, 6) is 0. The van der Waals surface area contributed by atoms with E-state index in [-0.39, 0.29) is 0 Å². The maximum Gasteiger partial charge on any atom is 0.0534 e. The highest BCUT2D eigenvalue weighted by atomic mass is 15.1. The lowest BCUT2D eigenvalue weighted by Gasteiger charge is -2.25. The van der Waals surface area contributed by atoms with Crippen LogP contribution in [0.2, 0.25) is 0 Å². The molecule has 0 aliphatic carbocycles. The smallest absolute Gasteiger partial charge is 0.0534 e. The summed E-state index contributed by atoms with van der Waals surface area (Å²) < 4.78 is 2.30. The quantitative estimate of drug-likeness (QED) is 0.180. The SMILES string of the molecule is c1ccc(-c2cn(-c3ccc(-c4ccc(-c5ccc(N(c6ccccc6)c6ccccc6)cc5)cc4)cc3)c3ccccc23)cc1. The Bertz CT molecular complexity index is 2160. The van der Waals surface area contributed by atoms with Crippen molar-refractivity contribution in [3.63, 3.8) is 0 Å². The molecule has 1 heterocycles. The molecule has 0 amide bonds. The molecule has 8 aromatic rings. The molecule has 218 valence electrons. The topological polar surface area (TPSA) is 8.17 Å². The first-order valence-electron chi connectivity index (χ1n) is 15.7. The molecule has 1 aromatic heterocycles. The molecule has 0 N–H and O–H groups in total. The lowest BCUT2D eigenvalue weighted by molar-refractivity contribution is 1.13. The van der Waals surface area contributed by atoms with Gasteiger partial charge in [0, 0.05) is 39.9 Å². The van der Waals surface area contributed by atoms with Crippen LogP contribution in [0.4, 0.5) is 17.1 Å². The zero-order chi connectivity index (χ0) is 30.7. The summed E-state index contributed by atoms with van der Waals surface area (Å²) in [7, 11) is 0. The number of hydrogen-bond donors (Lipinski definition) is 0. The van der Waals surface area contributed by atoms with Crippen molar-refractivity contribution < 1.29 is 0 Å². The lowest BCUT2D eigenvalue weighted by Crippen LogP contribution is -2.09. The minimum absolute atomic E-state index is 1.13. The molecule has 0 unspecified atom stereocenters. The predicted molar refractivity (Wildman–Crippen MR) is 194 cm³/mol. The summed E-state index contributed by atoms with van der Waals surface area (Å²) in [6, 6.07) is 66.9. The average Bonchev–Trinajstić information content (AvgIpc) is 3.53. The van der Waals surface area contributed by atoms with Gasteiger partial charge in [0.05, 0.1) is 5.52 Å². The van der Waals surface area contributed by atoms with Gasteiger partial charge in [-0.1, -0.05) is 133 Å². The van der Waals surface area contributed by atoms with Crippen LogP contribution in [-0.2, 0) is 0 Å². The maximum atomic E-state index is 2.30. The Balaban J connectivity index is 1.04. The van der Waals surface area contributed by atoms with Crippen molar-refractivity contribution in [2.45, 2.75) is 0 Å². The normalized spacial score (nSPS) is 11.0. The molecule has 2 heteroatoms. The van der Waals surface area contributed by atoms with E-state index in [2.05, 4.69) is 204 Å². The van der Waals surface area contributed by atoms with E-state index >= 15 is 0 Å². The van der Waals surface area contributed by atoms with E-state index in [0.717, 1.165) is 22.7 Å². The first-order valence-corrected chi connectivity index (χ1v) is 15.7. The predicted octanol–water partition coefficient (Wildman–Crippen LogP) is 12.1. The van der Waals surface area contributed by atoms with Gasteiger partial charge in [-0.2, -0.15) is 0 Å². The fourth-order valence-electron chi connectivity index (χ4n) is 6.31. The lowest BCUT2D eigenvalue weighted by atomic mass is 10.00. The van der Waals surface area contributed by atoms with Crippen LogP contribution in [0, 0.1) is 0 Å². The third-order valence-electron chi connectivity index (χ3n) is 8.65. The van der Waals surface area contributed by atoms with Crippen LogP contribution in [0.5, 0.6) is 0 Å². The van der Waals surface area contributed by atoms with Crippen LogP contribution in [-0.4, -0.2) is 4.57 Å². The van der Waals surface area contributed by atoms with Crippen molar-refractivity contribution in [1.29, 1.82) is 0 Å². The van der Waals surface area contributed by atoms with E-state index in [9.17, 15) is 0 Å². The summed E-state index contributed by atoms with van der Waals surface area (Å²) in [6.07, 6.45) is 2.26. The van der Waals surface area contributed by atoms with Gasteiger partial charge in [-0.15, -0.1) is 0 Å². The second-order valence-corrected chi connectivity index (χ2v) is 11.5. The number of anilines is 3. The maximum absolute atomic E-state index is 2.30. The van der Waals surface area contributed by atoms with Crippen molar-refractivity contribution in [2.24, 2.45) is 0 Å². The van der Waals surface area contributed by atoms with E-state index < -0.39 is 0 Å². The average molecular weight is 589 g/mol. The highest BCUT2D eigenvalue weighted by molar-refractivity contribution is 5.97. The van der Waals surface area contributed by atoms with Crippen molar-refractivity contribution in [1.82, 2.24) is 4.57 Å². The van der Waals surface area contributed by atoms with Crippen LogP contribution < -0.4 is 4.90 Å². The number of fused-ring (bicyclic) bond motifs is 1. The van der Waals surface area contributed by atoms with Gasteiger partial charge in [0.1, 0.15) is 0 Å². The van der Waals surface area contributed by atoms with Gasteiger partial charge >= 0.3 is 0 Å². The zero-order valence-corrected chi connectivity index (χ0v) is 25.4. The van der Waals surface area contributed by atoms with E-state index in [0.29, 0.717) is 0 Å². The molecular weight excluding hydrogens is 556 g/mol. The van der Waals surface area contributed by atoms with Crippen molar-refractivity contribution >= 4 is 28.0 Å². The zero-order valence-electron chi connectivity index (χ0n) is 25.4. The molecule has 0 spiro atoms. The first kappa shape index (κ1) is 27.4. The Morgan fingerprint density at radius 2 is 0.739 bits per heavy atom. The summed E-state index contributed by atoms with van der Waals surface area (Å²) in [5, 5.41) is 1.26. The second-order valence-electron chi connectivity index (χ2n) is 11.5. The third kappa shape index (κ3) is 5.27. The monoisotopic (exact) mass is 588 g/mol. The minimum atomic E-state index is 1.13. The number of aromatic nitrogens is 1. The molecule has 8 rings (SSSR count). The summed E-state index contributed by atoms with van der Waals surface area (Å²) >= 11 is 0. The van der Waals surface area contributed by atoms with E-state index in [1.54, 1.807) is 0 Å². The fourth-order valence-corrected chi connectivity index (χ4v) is 6.31. The van der Waals surface area contributed by atoms with Crippen LogP contribution in [0.3, 0.4) is 0 Å². The van der Waals surface area contributed by atoms with Crippen LogP contribution in [0.15, 0.2) is 194 Å². The van der Waals surface area contributed by atoms with Crippen molar-refractivity contribution in [3.8, 4) is 39.1 Å². The molecule has 0 fully saturated rings. The molecular formula is C44H32N2. The standard InChI is InChI=1S/C44H32N2/c1-4-12-37(13-5-1)43-32-45(44-19-11-10-18-42(43)44)38-28-24-35(25-29-38)33-20-22-34(23-21-33)36-26-30-41(31-27-36)46(39-14-6-2-7-15-39)40-16-8-3-9-17-40/h1-32H. The third-order valence-corrected chi connectivity index (χ3v) is 8.65. The van der Waals surface area contributed by atoms with E-state index in [4.69, 9.17) is 0 Å². The molecule has 2 nitrogen and oxygen atoms in total. The van der Waals surface area contributed by atoms with Gasteiger partial charge in [0.2, 0.25) is 0 Å². The van der Waals surface area contributed by atoms with Gasteiger partial charge in [0.25, 0.3) is 0 Å². The second kappa shape index (κ2) is 12.1. The molecule has 0 saturated heterocycles. The van der Waals surface area contributed by atoms with Crippen LogP contribution in [0.1, 0.15) is 0 Å². The number of rotatable bonds is 7. The number of hydrogen-bond acceptors (Lipinski definition) is 1. The molecule has 7 aromatic carbocycles. The van der Waals surface area contributed by atoms with Gasteiger partial charge in [0.15, 0.2) is 0 Å². The fraction of sp³-hybridized carbons (Fsp3) is 0. The molecule has 0 atom stereocenters. The molecule has 0 saturated carbocycles. The highest BCUT2D eigenvalue weighted by Crippen LogP contribution is 2.36. The Morgan fingerprint density at radius 1 is 0.326 bits per heavy atom. The summed E-state index contributed by atoms with van der Waals surface area (Å²) in [5.41, 5.74) is 13.0. The Labute approximate surface area is 270 Å². The van der Waals surface area contributed by atoms with Gasteiger partial charge in [-0.25, -0.2) is 0 Å². The highest BCUT2D eigenvalue weighted by Gasteiger charge is 2.13. The molecule has 0 aliphatic rings. The Hall–Kier alpha value is -6.12. The first-order chi connectivity index (χ1) is 22.8. The van der Waals surface area contributed by atoms with E-state index in [1.807, 2.05) is 0 Å². The Kier molecular flexibility index (Phi) is 7.22. The van der Waals surface area contributed by atoms with E-state index in [1.165, 1.54) is 44.3 Å². The minimum Gasteiger partial charge on any atom is -0.316 e. The van der Waals surface area contributed by atoms with Gasteiger partial charge < -0.3 is 9.47 Å². The summed E-state index contributed by atoms with van der Waals surface area (Å²) in [4.78, 5) is 2.29.